The minimum atomic E-state index is -0.0851. The average Bonchev–Trinajstić information content (AvgIpc) is 2.61. The number of fused-ring (bicyclic) bond motifs is 1. The number of hydrogen-bond acceptors (Lipinski definition) is 4. The second-order valence-electron chi connectivity index (χ2n) is 5.98. The van der Waals surface area contributed by atoms with Crippen molar-refractivity contribution >= 4 is 27.4 Å². The molecule has 2 aromatic rings. The van der Waals surface area contributed by atoms with E-state index in [0.717, 1.165) is 33.5 Å². The quantitative estimate of drug-likeness (QED) is 0.703. The van der Waals surface area contributed by atoms with Gasteiger partial charge in [0.15, 0.2) is 17.3 Å². The highest BCUT2D eigenvalue weighted by Gasteiger charge is 2.26. The van der Waals surface area contributed by atoms with E-state index in [1.54, 1.807) is 0 Å². The number of rotatable bonds is 6. The van der Waals surface area contributed by atoms with Gasteiger partial charge in [-0.2, -0.15) is 0 Å². The molecule has 0 aromatic heterocycles. The Bertz CT molecular complexity index is 776. The zero-order valence-electron chi connectivity index (χ0n) is 14.5. The van der Waals surface area contributed by atoms with Crippen molar-refractivity contribution in [2.45, 2.75) is 32.7 Å². The van der Waals surface area contributed by atoms with Gasteiger partial charge in [0.25, 0.3) is 0 Å². The lowest BCUT2D eigenvalue weighted by atomic mass is 9.92. The Morgan fingerprint density at radius 3 is 2.76 bits per heavy atom. The number of carbonyl (C=O) groups is 1. The van der Waals surface area contributed by atoms with Crippen LogP contribution in [0.3, 0.4) is 0 Å². The summed E-state index contributed by atoms with van der Waals surface area (Å²) in [7, 11) is 0. The van der Waals surface area contributed by atoms with Crippen LogP contribution in [-0.2, 0) is 0 Å². The minimum Gasteiger partial charge on any atom is -0.490 e. The van der Waals surface area contributed by atoms with E-state index in [9.17, 15) is 4.79 Å². The number of ketones is 1. The van der Waals surface area contributed by atoms with E-state index in [-0.39, 0.29) is 11.8 Å². The zero-order valence-corrected chi connectivity index (χ0v) is 16.1. The molecule has 0 amide bonds. The van der Waals surface area contributed by atoms with E-state index in [0.29, 0.717) is 25.4 Å². The standard InChI is InChI=1S/C20H22BrNO3/c1-3-9-25-20-15(21)10-13(11-19(20)24-4-2)17-12-18(23)14-7-5-6-8-16(14)22-17/h5-8,10-11,17,22H,3-4,9,12H2,1-2H3. The summed E-state index contributed by atoms with van der Waals surface area (Å²) in [5.74, 6) is 1.57. The van der Waals surface area contributed by atoms with Crippen molar-refractivity contribution in [2.24, 2.45) is 0 Å². The van der Waals surface area contributed by atoms with E-state index in [1.165, 1.54) is 0 Å². The van der Waals surface area contributed by atoms with Gasteiger partial charge in [0, 0.05) is 17.7 Å². The fraction of sp³-hybridized carbons (Fsp3) is 0.350. The van der Waals surface area contributed by atoms with Crippen molar-refractivity contribution in [3.05, 3.63) is 52.0 Å². The SMILES string of the molecule is CCCOc1c(Br)cc(C2CC(=O)c3ccccc3N2)cc1OCC. The molecule has 1 heterocycles. The molecule has 1 unspecified atom stereocenters. The Labute approximate surface area is 156 Å². The van der Waals surface area contributed by atoms with Crippen molar-refractivity contribution in [1.29, 1.82) is 0 Å². The minimum absolute atomic E-state index is 0.0851. The third-order valence-corrected chi connectivity index (χ3v) is 4.72. The number of para-hydroxylation sites is 1. The lowest BCUT2D eigenvalue weighted by Crippen LogP contribution is -2.22. The number of nitrogens with one attached hydrogen (secondary N) is 1. The highest BCUT2D eigenvalue weighted by molar-refractivity contribution is 9.10. The number of halogens is 1. The van der Waals surface area contributed by atoms with Crippen LogP contribution in [0.2, 0.25) is 0 Å². The third-order valence-electron chi connectivity index (χ3n) is 4.13. The summed E-state index contributed by atoms with van der Waals surface area (Å²) in [4.78, 5) is 12.5. The van der Waals surface area contributed by atoms with Gasteiger partial charge in [-0.05, 0) is 59.1 Å². The molecule has 132 valence electrons. The Balaban J connectivity index is 1.94. The Hall–Kier alpha value is -2.01. The number of benzene rings is 2. The van der Waals surface area contributed by atoms with E-state index < -0.39 is 0 Å². The first-order valence-corrected chi connectivity index (χ1v) is 9.41. The molecule has 0 radical (unpaired) electrons. The van der Waals surface area contributed by atoms with Crippen molar-refractivity contribution in [2.75, 3.05) is 18.5 Å². The van der Waals surface area contributed by atoms with Gasteiger partial charge in [0.05, 0.1) is 23.7 Å². The molecule has 2 aromatic carbocycles. The molecule has 0 bridgehead atoms. The second-order valence-corrected chi connectivity index (χ2v) is 6.84. The van der Waals surface area contributed by atoms with Gasteiger partial charge in [-0.25, -0.2) is 0 Å². The molecule has 5 heteroatoms. The monoisotopic (exact) mass is 403 g/mol. The fourth-order valence-corrected chi connectivity index (χ4v) is 3.56. The van der Waals surface area contributed by atoms with Gasteiger partial charge in [-0.3, -0.25) is 4.79 Å². The van der Waals surface area contributed by atoms with Crippen molar-refractivity contribution in [3.8, 4) is 11.5 Å². The molecule has 25 heavy (non-hydrogen) atoms. The first-order valence-electron chi connectivity index (χ1n) is 8.61. The molecule has 0 saturated heterocycles. The number of carbonyl (C=O) groups excluding carboxylic acids is 1. The third kappa shape index (κ3) is 3.82. The van der Waals surface area contributed by atoms with Gasteiger partial charge in [-0.1, -0.05) is 19.1 Å². The molecule has 4 nitrogen and oxygen atoms in total. The number of ether oxygens (including phenoxy) is 2. The normalized spacial score (nSPS) is 16.1. The van der Waals surface area contributed by atoms with E-state index in [2.05, 4.69) is 28.2 Å². The van der Waals surface area contributed by atoms with Gasteiger partial charge in [0.2, 0.25) is 0 Å². The van der Waals surface area contributed by atoms with Crippen molar-refractivity contribution in [3.63, 3.8) is 0 Å². The fourth-order valence-electron chi connectivity index (χ4n) is 2.98. The largest absolute Gasteiger partial charge is 0.490 e. The zero-order chi connectivity index (χ0) is 17.8. The number of hydrogen-bond donors (Lipinski definition) is 1. The topological polar surface area (TPSA) is 47.6 Å². The molecule has 1 atom stereocenters. The summed E-state index contributed by atoms with van der Waals surface area (Å²) in [5, 5.41) is 3.46. The smallest absolute Gasteiger partial charge is 0.175 e. The van der Waals surface area contributed by atoms with Crippen LogP contribution in [-0.4, -0.2) is 19.0 Å². The lowest BCUT2D eigenvalue weighted by Gasteiger charge is -2.27. The highest BCUT2D eigenvalue weighted by Crippen LogP contribution is 2.41. The van der Waals surface area contributed by atoms with Crippen LogP contribution in [0.5, 0.6) is 11.5 Å². The molecule has 0 fully saturated rings. The molecule has 1 aliphatic rings. The van der Waals surface area contributed by atoms with Crippen LogP contribution in [0.4, 0.5) is 5.69 Å². The number of anilines is 1. The molecular weight excluding hydrogens is 382 g/mol. The first kappa shape index (κ1) is 17.8. The summed E-state index contributed by atoms with van der Waals surface area (Å²) in [6.45, 7) is 5.20. The summed E-state index contributed by atoms with van der Waals surface area (Å²) in [5.41, 5.74) is 2.64. The van der Waals surface area contributed by atoms with Crippen LogP contribution in [0.15, 0.2) is 40.9 Å². The lowest BCUT2D eigenvalue weighted by molar-refractivity contribution is 0.0972. The van der Waals surface area contributed by atoms with Gasteiger partial charge < -0.3 is 14.8 Å². The summed E-state index contributed by atoms with van der Waals surface area (Å²) < 4.78 is 12.4. The molecular formula is C20H22BrNO3. The van der Waals surface area contributed by atoms with E-state index >= 15 is 0 Å². The van der Waals surface area contributed by atoms with Gasteiger partial charge >= 0.3 is 0 Å². The maximum atomic E-state index is 12.5. The average molecular weight is 404 g/mol. The first-order chi connectivity index (χ1) is 12.1. The Morgan fingerprint density at radius 1 is 1.20 bits per heavy atom. The highest BCUT2D eigenvalue weighted by atomic mass is 79.9. The predicted octanol–water partition coefficient (Wildman–Crippen LogP) is 5.38. The van der Waals surface area contributed by atoms with Crippen molar-refractivity contribution in [1.82, 2.24) is 0 Å². The number of Topliss-reactive ketones (excluding diaryl/α,β-unsaturated/α-hetero) is 1. The molecule has 0 saturated carbocycles. The van der Waals surface area contributed by atoms with Crippen LogP contribution in [0.25, 0.3) is 0 Å². The molecule has 0 spiro atoms. The Morgan fingerprint density at radius 2 is 2.00 bits per heavy atom. The van der Waals surface area contributed by atoms with Crippen LogP contribution < -0.4 is 14.8 Å². The molecule has 3 rings (SSSR count). The predicted molar refractivity (Wildman–Crippen MR) is 103 cm³/mol. The van der Waals surface area contributed by atoms with Crippen molar-refractivity contribution < 1.29 is 14.3 Å². The summed E-state index contributed by atoms with van der Waals surface area (Å²) in [6.07, 6.45) is 1.35. The second kappa shape index (κ2) is 7.91. The Kier molecular flexibility index (Phi) is 5.63. The summed E-state index contributed by atoms with van der Waals surface area (Å²) in [6, 6.07) is 11.5. The van der Waals surface area contributed by atoms with Gasteiger partial charge in [-0.15, -0.1) is 0 Å². The molecule has 1 aliphatic heterocycles. The maximum Gasteiger partial charge on any atom is 0.175 e. The van der Waals surface area contributed by atoms with Crippen LogP contribution >= 0.6 is 15.9 Å². The van der Waals surface area contributed by atoms with Gasteiger partial charge in [0.1, 0.15) is 0 Å². The van der Waals surface area contributed by atoms with Crippen LogP contribution in [0.1, 0.15) is 48.7 Å². The molecule has 1 N–H and O–H groups in total. The summed E-state index contributed by atoms with van der Waals surface area (Å²) >= 11 is 3.59. The van der Waals surface area contributed by atoms with E-state index in [1.807, 2.05) is 43.3 Å². The van der Waals surface area contributed by atoms with E-state index in [4.69, 9.17) is 9.47 Å². The molecule has 0 aliphatic carbocycles. The van der Waals surface area contributed by atoms with Crippen LogP contribution in [0, 0.1) is 0 Å². The maximum absolute atomic E-state index is 12.5.